The second kappa shape index (κ2) is 4.81. The Bertz CT molecular complexity index is 456. The summed E-state index contributed by atoms with van der Waals surface area (Å²) in [6.45, 7) is 5.58. The fraction of sp³-hybridized carbons (Fsp3) is 0.600. The van der Waals surface area contributed by atoms with Gasteiger partial charge in [0.1, 0.15) is 0 Å². The molecule has 0 aliphatic heterocycles. The van der Waals surface area contributed by atoms with E-state index in [1.165, 1.54) is 0 Å². The molecule has 0 saturated heterocycles. The van der Waals surface area contributed by atoms with Gasteiger partial charge in [0.2, 0.25) is 0 Å². The number of rotatable bonds is 1. The summed E-state index contributed by atoms with van der Waals surface area (Å²) < 4.78 is 0. The zero-order valence-corrected chi connectivity index (χ0v) is 11.2. The van der Waals surface area contributed by atoms with Crippen LogP contribution < -0.4 is 0 Å². The number of carbonyl (C=O) groups is 2. The van der Waals surface area contributed by atoms with Gasteiger partial charge in [-0.2, -0.15) is 0 Å². The number of Topliss-reactive ketones (excluding diaryl/α,β-unsaturated/α-hetero) is 2. The third-order valence-electron chi connectivity index (χ3n) is 4.32. The molecule has 0 heterocycles. The standard InChI is InChI=1S/C15H20O3/c1-8-5-14(18)15(10(3)7-16)12-4-9(2)13(17)6-11(8)12/h4,8,11-12,16H,5-7H2,1-3H3/b15-10-/t8-,11+,12+/m0/s1. The van der Waals surface area contributed by atoms with Crippen molar-refractivity contribution in [2.75, 3.05) is 6.61 Å². The zero-order chi connectivity index (χ0) is 13.4. The molecule has 2 aliphatic rings. The van der Waals surface area contributed by atoms with Gasteiger partial charge in [-0.05, 0) is 36.8 Å². The van der Waals surface area contributed by atoms with Crippen molar-refractivity contribution in [3.63, 3.8) is 0 Å². The lowest BCUT2D eigenvalue weighted by Gasteiger charge is -2.39. The fourth-order valence-electron chi connectivity index (χ4n) is 3.19. The van der Waals surface area contributed by atoms with Crippen molar-refractivity contribution in [3.05, 3.63) is 22.8 Å². The molecule has 0 unspecified atom stereocenters. The number of hydrogen-bond acceptors (Lipinski definition) is 3. The molecule has 0 aromatic carbocycles. The van der Waals surface area contributed by atoms with Crippen molar-refractivity contribution in [2.45, 2.75) is 33.6 Å². The summed E-state index contributed by atoms with van der Waals surface area (Å²) in [5.41, 5.74) is 2.24. The third kappa shape index (κ3) is 2.07. The zero-order valence-electron chi connectivity index (χ0n) is 11.2. The van der Waals surface area contributed by atoms with E-state index in [-0.39, 0.29) is 35.9 Å². The van der Waals surface area contributed by atoms with E-state index in [2.05, 4.69) is 0 Å². The summed E-state index contributed by atoms with van der Waals surface area (Å²) >= 11 is 0. The predicted molar refractivity (Wildman–Crippen MR) is 68.9 cm³/mol. The van der Waals surface area contributed by atoms with Crippen LogP contribution in [0.3, 0.4) is 0 Å². The van der Waals surface area contributed by atoms with Crippen molar-refractivity contribution in [1.29, 1.82) is 0 Å². The van der Waals surface area contributed by atoms with E-state index in [1.54, 1.807) is 6.92 Å². The lowest BCUT2D eigenvalue weighted by Crippen LogP contribution is -2.38. The average molecular weight is 248 g/mol. The molecule has 1 N–H and O–H groups in total. The first-order valence-corrected chi connectivity index (χ1v) is 6.51. The van der Waals surface area contributed by atoms with Crippen LogP contribution in [0.15, 0.2) is 22.8 Å². The Kier molecular flexibility index (Phi) is 3.53. The van der Waals surface area contributed by atoms with Gasteiger partial charge in [0.25, 0.3) is 0 Å². The Morgan fingerprint density at radius 1 is 1.33 bits per heavy atom. The highest BCUT2D eigenvalue weighted by molar-refractivity contribution is 6.01. The van der Waals surface area contributed by atoms with Gasteiger partial charge in [0, 0.05) is 24.3 Å². The molecule has 0 aromatic heterocycles. The molecule has 0 spiro atoms. The van der Waals surface area contributed by atoms with Gasteiger partial charge in [0.05, 0.1) is 6.61 Å². The van der Waals surface area contributed by atoms with Crippen molar-refractivity contribution in [3.8, 4) is 0 Å². The van der Waals surface area contributed by atoms with Gasteiger partial charge in [-0.1, -0.05) is 13.0 Å². The molecule has 1 fully saturated rings. The van der Waals surface area contributed by atoms with Crippen LogP contribution in [0, 0.1) is 17.8 Å². The van der Waals surface area contributed by atoms with E-state index in [1.807, 2.05) is 19.9 Å². The summed E-state index contributed by atoms with van der Waals surface area (Å²) in [6.07, 6.45) is 2.95. The van der Waals surface area contributed by atoms with Crippen LogP contribution in [0.4, 0.5) is 0 Å². The van der Waals surface area contributed by atoms with Gasteiger partial charge in [-0.25, -0.2) is 0 Å². The molecular formula is C15H20O3. The van der Waals surface area contributed by atoms with Crippen molar-refractivity contribution in [2.24, 2.45) is 17.8 Å². The van der Waals surface area contributed by atoms with Crippen LogP contribution in [0.1, 0.15) is 33.6 Å². The highest BCUT2D eigenvalue weighted by Crippen LogP contribution is 2.43. The van der Waals surface area contributed by atoms with Crippen LogP contribution in [-0.2, 0) is 9.59 Å². The van der Waals surface area contributed by atoms with E-state index in [9.17, 15) is 14.7 Å². The van der Waals surface area contributed by atoms with Crippen LogP contribution >= 0.6 is 0 Å². The minimum absolute atomic E-state index is 0.0195. The minimum Gasteiger partial charge on any atom is -0.392 e. The quantitative estimate of drug-likeness (QED) is 0.723. The molecule has 2 aliphatic carbocycles. The summed E-state index contributed by atoms with van der Waals surface area (Å²) in [7, 11) is 0. The largest absolute Gasteiger partial charge is 0.392 e. The third-order valence-corrected chi connectivity index (χ3v) is 4.32. The summed E-state index contributed by atoms with van der Waals surface area (Å²) in [6, 6.07) is 0. The topological polar surface area (TPSA) is 54.4 Å². The number of aliphatic hydroxyl groups excluding tert-OH is 1. The Morgan fingerprint density at radius 2 is 2.00 bits per heavy atom. The molecule has 3 heteroatoms. The van der Waals surface area contributed by atoms with E-state index in [4.69, 9.17) is 0 Å². The van der Waals surface area contributed by atoms with E-state index < -0.39 is 0 Å². The van der Waals surface area contributed by atoms with Crippen LogP contribution in [0.25, 0.3) is 0 Å². The summed E-state index contributed by atoms with van der Waals surface area (Å²) in [5, 5.41) is 9.28. The predicted octanol–water partition coefficient (Wildman–Crippen LogP) is 2.06. The molecule has 0 aromatic rings. The Balaban J connectivity index is 2.49. The monoisotopic (exact) mass is 248 g/mol. The molecule has 98 valence electrons. The average Bonchev–Trinajstić information content (AvgIpc) is 2.31. The van der Waals surface area contributed by atoms with Gasteiger partial charge >= 0.3 is 0 Å². The van der Waals surface area contributed by atoms with Gasteiger partial charge in [-0.3, -0.25) is 9.59 Å². The maximum Gasteiger partial charge on any atom is 0.159 e. The number of carbonyl (C=O) groups excluding carboxylic acids is 2. The maximum atomic E-state index is 12.2. The second-order valence-corrected chi connectivity index (χ2v) is 5.62. The van der Waals surface area contributed by atoms with Crippen molar-refractivity contribution < 1.29 is 14.7 Å². The van der Waals surface area contributed by atoms with Crippen LogP contribution in [-0.4, -0.2) is 23.3 Å². The lowest BCUT2D eigenvalue weighted by atomic mass is 9.63. The number of allylic oxidation sites excluding steroid dienone is 3. The molecule has 18 heavy (non-hydrogen) atoms. The molecule has 3 nitrogen and oxygen atoms in total. The first-order valence-electron chi connectivity index (χ1n) is 6.51. The van der Waals surface area contributed by atoms with Gasteiger partial charge < -0.3 is 5.11 Å². The fourth-order valence-corrected chi connectivity index (χ4v) is 3.19. The maximum absolute atomic E-state index is 12.2. The molecule has 0 radical (unpaired) electrons. The van der Waals surface area contributed by atoms with Crippen molar-refractivity contribution >= 4 is 11.6 Å². The van der Waals surface area contributed by atoms with E-state index in [0.717, 1.165) is 16.7 Å². The first kappa shape index (κ1) is 13.2. The Morgan fingerprint density at radius 3 is 2.61 bits per heavy atom. The molecule has 0 bridgehead atoms. The first-order chi connectivity index (χ1) is 8.45. The molecule has 1 saturated carbocycles. The van der Waals surface area contributed by atoms with Gasteiger partial charge in [0.15, 0.2) is 11.6 Å². The van der Waals surface area contributed by atoms with E-state index in [0.29, 0.717) is 12.8 Å². The normalized spacial score (nSPS) is 35.1. The highest BCUT2D eigenvalue weighted by atomic mass is 16.3. The lowest BCUT2D eigenvalue weighted by molar-refractivity contribution is -0.122. The molecule has 2 rings (SSSR count). The Hall–Kier alpha value is -1.22. The molecular weight excluding hydrogens is 228 g/mol. The number of hydrogen-bond donors (Lipinski definition) is 1. The Labute approximate surface area is 108 Å². The van der Waals surface area contributed by atoms with Crippen molar-refractivity contribution in [1.82, 2.24) is 0 Å². The highest BCUT2D eigenvalue weighted by Gasteiger charge is 2.41. The smallest absolute Gasteiger partial charge is 0.159 e. The molecule has 0 amide bonds. The molecule has 3 atom stereocenters. The van der Waals surface area contributed by atoms with Crippen LogP contribution in [0.2, 0.25) is 0 Å². The second-order valence-electron chi connectivity index (χ2n) is 5.62. The summed E-state index contributed by atoms with van der Waals surface area (Å²) in [4.78, 5) is 24.0. The van der Waals surface area contributed by atoms with Gasteiger partial charge in [-0.15, -0.1) is 0 Å². The summed E-state index contributed by atoms with van der Waals surface area (Å²) in [5.74, 6) is 0.805. The number of ketones is 2. The minimum atomic E-state index is -0.0838. The SMILES string of the molecule is CC1=C[C@H]2/C(=C(\C)CO)C(=O)C[C@H](C)[C@H]2CC1=O. The number of aliphatic hydroxyl groups is 1. The van der Waals surface area contributed by atoms with E-state index >= 15 is 0 Å². The number of fused-ring (bicyclic) bond motifs is 1. The van der Waals surface area contributed by atoms with Crippen LogP contribution in [0.5, 0.6) is 0 Å².